The second-order valence-corrected chi connectivity index (χ2v) is 4.66. The Morgan fingerprint density at radius 1 is 1.64 bits per heavy atom. The summed E-state index contributed by atoms with van der Waals surface area (Å²) in [5, 5.41) is 0. The molecule has 2 unspecified atom stereocenters. The van der Waals surface area contributed by atoms with E-state index in [1.54, 1.807) is 5.54 Å². The summed E-state index contributed by atoms with van der Waals surface area (Å²) in [6, 6.07) is 0.547. The number of nitrogens with zero attached hydrogens (tertiary/aromatic N) is 1. The maximum Gasteiger partial charge on any atom is 0.0224 e. The molecule has 1 aliphatic rings. The van der Waals surface area contributed by atoms with Gasteiger partial charge in [0.15, 0.2) is 0 Å². The molecule has 1 saturated heterocycles. The molecule has 0 saturated carbocycles. The highest BCUT2D eigenvalue weighted by Crippen LogP contribution is 2.22. The van der Waals surface area contributed by atoms with Gasteiger partial charge < -0.3 is 5.73 Å². The third kappa shape index (κ3) is 3.26. The Balaban J connectivity index is 2.50. The molecule has 82 valence electrons. The van der Waals surface area contributed by atoms with Crippen LogP contribution in [0.5, 0.6) is 0 Å². The first-order valence-electron chi connectivity index (χ1n) is 5.37. The van der Waals surface area contributed by atoms with Gasteiger partial charge in [0.25, 0.3) is 0 Å². The van der Waals surface area contributed by atoms with Gasteiger partial charge in [0.2, 0.25) is 0 Å². The summed E-state index contributed by atoms with van der Waals surface area (Å²) in [7, 11) is 0. The standard InChI is InChI=1S/C11H21ClN2/c1-9-3-4-14(8-10(2)6-12)11(5-9)7-13/h6,9,11H,3-5,7-8,13H2,1-2H3/b10-6+. The van der Waals surface area contributed by atoms with Crippen molar-refractivity contribution in [2.75, 3.05) is 19.6 Å². The largest absolute Gasteiger partial charge is 0.329 e. The van der Waals surface area contributed by atoms with Crippen LogP contribution in [0.15, 0.2) is 11.1 Å². The van der Waals surface area contributed by atoms with Gasteiger partial charge in [-0.15, -0.1) is 0 Å². The molecule has 3 heteroatoms. The molecule has 2 nitrogen and oxygen atoms in total. The number of rotatable bonds is 3. The lowest BCUT2D eigenvalue weighted by Crippen LogP contribution is -2.46. The van der Waals surface area contributed by atoms with E-state index in [9.17, 15) is 0 Å². The van der Waals surface area contributed by atoms with Gasteiger partial charge in [0, 0.05) is 24.7 Å². The third-order valence-corrected chi connectivity index (χ3v) is 3.38. The summed E-state index contributed by atoms with van der Waals surface area (Å²) in [5.74, 6) is 0.820. The Morgan fingerprint density at radius 3 is 2.93 bits per heavy atom. The Bertz CT molecular complexity index is 203. The Morgan fingerprint density at radius 2 is 2.36 bits per heavy atom. The molecule has 1 rings (SSSR count). The van der Waals surface area contributed by atoms with E-state index >= 15 is 0 Å². The average molecular weight is 217 g/mol. The molecule has 0 aliphatic carbocycles. The minimum absolute atomic E-state index is 0.547. The molecule has 2 N–H and O–H groups in total. The highest BCUT2D eigenvalue weighted by Gasteiger charge is 2.24. The van der Waals surface area contributed by atoms with Crippen LogP contribution in [0, 0.1) is 5.92 Å². The van der Waals surface area contributed by atoms with Crippen LogP contribution in [0.1, 0.15) is 26.7 Å². The van der Waals surface area contributed by atoms with Crippen LogP contribution in [0.4, 0.5) is 0 Å². The maximum absolute atomic E-state index is 5.78. The zero-order valence-electron chi connectivity index (χ0n) is 9.17. The second kappa shape index (κ2) is 5.74. The molecule has 2 atom stereocenters. The fraction of sp³-hybridized carbons (Fsp3) is 0.818. The Labute approximate surface area is 92.1 Å². The van der Waals surface area contributed by atoms with Gasteiger partial charge in [-0.1, -0.05) is 18.5 Å². The zero-order chi connectivity index (χ0) is 10.6. The summed E-state index contributed by atoms with van der Waals surface area (Å²) >= 11 is 5.67. The van der Waals surface area contributed by atoms with Crippen LogP contribution >= 0.6 is 11.6 Å². The van der Waals surface area contributed by atoms with Gasteiger partial charge in [0.1, 0.15) is 0 Å². The van der Waals surface area contributed by atoms with Crippen LogP contribution < -0.4 is 5.73 Å². The van der Waals surface area contributed by atoms with E-state index in [2.05, 4.69) is 18.7 Å². The van der Waals surface area contributed by atoms with Crippen molar-refractivity contribution in [1.82, 2.24) is 4.90 Å². The Kier molecular flexibility index (Phi) is 4.93. The van der Waals surface area contributed by atoms with E-state index < -0.39 is 0 Å². The number of nitrogens with two attached hydrogens (primary N) is 1. The summed E-state index contributed by atoms with van der Waals surface area (Å²) in [5.41, 5.74) is 8.67. The van der Waals surface area contributed by atoms with Crippen molar-refractivity contribution >= 4 is 11.6 Å². The SMILES string of the molecule is C/C(=C\Cl)CN1CCC(C)CC1CN. The second-order valence-electron chi connectivity index (χ2n) is 4.45. The third-order valence-electron chi connectivity index (χ3n) is 3.01. The van der Waals surface area contributed by atoms with Gasteiger partial charge in [-0.25, -0.2) is 0 Å². The van der Waals surface area contributed by atoms with Gasteiger partial charge in [0.05, 0.1) is 0 Å². The first-order valence-corrected chi connectivity index (χ1v) is 5.81. The van der Waals surface area contributed by atoms with Crippen LogP contribution in [0.2, 0.25) is 0 Å². The minimum atomic E-state index is 0.547. The van der Waals surface area contributed by atoms with Crippen LogP contribution in [0.25, 0.3) is 0 Å². The van der Waals surface area contributed by atoms with Crippen molar-refractivity contribution in [1.29, 1.82) is 0 Å². The lowest BCUT2D eigenvalue weighted by Gasteiger charge is -2.38. The molecule has 0 amide bonds. The van der Waals surface area contributed by atoms with Crippen molar-refractivity contribution in [3.8, 4) is 0 Å². The summed E-state index contributed by atoms with van der Waals surface area (Å²) in [6.07, 6.45) is 2.51. The van der Waals surface area contributed by atoms with Gasteiger partial charge >= 0.3 is 0 Å². The Hall–Kier alpha value is -0.0500. The number of likely N-dealkylation sites (tertiary alicyclic amines) is 1. The quantitative estimate of drug-likeness (QED) is 0.784. The number of hydrogen-bond acceptors (Lipinski definition) is 2. The molecule has 0 aromatic carbocycles. The van der Waals surface area contributed by atoms with Gasteiger partial charge in [-0.2, -0.15) is 0 Å². The van der Waals surface area contributed by atoms with Crippen LogP contribution in [-0.2, 0) is 0 Å². The smallest absolute Gasteiger partial charge is 0.0224 e. The predicted molar refractivity (Wildman–Crippen MR) is 62.4 cm³/mol. The van der Waals surface area contributed by atoms with E-state index in [0.717, 1.165) is 25.6 Å². The average Bonchev–Trinajstić information content (AvgIpc) is 2.20. The predicted octanol–water partition coefficient (Wildman–Crippen LogP) is 2.19. The molecular formula is C11H21ClN2. The van der Waals surface area contributed by atoms with Crippen molar-refractivity contribution in [3.63, 3.8) is 0 Å². The van der Waals surface area contributed by atoms with E-state index in [0.29, 0.717) is 6.04 Å². The zero-order valence-corrected chi connectivity index (χ0v) is 9.93. The molecule has 0 aromatic heterocycles. The first-order chi connectivity index (χ1) is 6.67. The van der Waals surface area contributed by atoms with E-state index in [-0.39, 0.29) is 0 Å². The molecule has 0 radical (unpaired) electrons. The lowest BCUT2D eigenvalue weighted by molar-refractivity contribution is 0.134. The van der Waals surface area contributed by atoms with Gasteiger partial charge in [-0.3, -0.25) is 4.90 Å². The monoisotopic (exact) mass is 216 g/mol. The molecule has 0 aromatic rings. The minimum Gasteiger partial charge on any atom is -0.329 e. The van der Waals surface area contributed by atoms with Crippen LogP contribution in [-0.4, -0.2) is 30.6 Å². The van der Waals surface area contributed by atoms with Crippen molar-refractivity contribution < 1.29 is 0 Å². The fourth-order valence-corrected chi connectivity index (χ4v) is 2.18. The van der Waals surface area contributed by atoms with Gasteiger partial charge in [-0.05, 0) is 37.8 Å². The molecule has 0 spiro atoms. The molecular weight excluding hydrogens is 196 g/mol. The number of halogens is 1. The number of hydrogen-bond donors (Lipinski definition) is 1. The summed E-state index contributed by atoms with van der Waals surface area (Å²) < 4.78 is 0. The normalized spacial score (nSPS) is 30.7. The molecule has 1 fully saturated rings. The fourth-order valence-electron chi connectivity index (χ4n) is 2.11. The summed E-state index contributed by atoms with van der Waals surface area (Å²) in [6.45, 7) is 7.27. The lowest BCUT2D eigenvalue weighted by atomic mass is 9.92. The molecule has 14 heavy (non-hydrogen) atoms. The van der Waals surface area contributed by atoms with E-state index in [4.69, 9.17) is 17.3 Å². The molecule has 0 bridgehead atoms. The van der Waals surface area contributed by atoms with Crippen molar-refractivity contribution in [3.05, 3.63) is 11.1 Å². The first kappa shape index (κ1) is 12.0. The van der Waals surface area contributed by atoms with Crippen molar-refractivity contribution in [2.24, 2.45) is 11.7 Å². The van der Waals surface area contributed by atoms with Crippen LogP contribution in [0.3, 0.4) is 0 Å². The summed E-state index contributed by atoms with van der Waals surface area (Å²) in [4.78, 5) is 2.45. The maximum atomic E-state index is 5.78. The highest BCUT2D eigenvalue weighted by molar-refractivity contribution is 6.25. The van der Waals surface area contributed by atoms with E-state index in [1.165, 1.54) is 18.4 Å². The topological polar surface area (TPSA) is 29.3 Å². The number of piperidine rings is 1. The van der Waals surface area contributed by atoms with Crippen molar-refractivity contribution in [2.45, 2.75) is 32.7 Å². The van der Waals surface area contributed by atoms with E-state index in [1.807, 2.05) is 0 Å². The molecule has 1 aliphatic heterocycles. The highest BCUT2D eigenvalue weighted by atomic mass is 35.5. The molecule has 1 heterocycles.